The molecule has 1 aliphatic carbocycles. The van der Waals surface area contributed by atoms with Gasteiger partial charge in [0.05, 0.1) is 0 Å². The number of hydrogen-bond donors (Lipinski definition) is 0. The minimum Gasteiger partial charge on any atom is -0.294 e. The van der Waals surface area contributed by atoms with Gasteiger partial charge in [-0.25, -0.2) is 0 Å². The van der Waals surface area contributed by atoms with Crippen LogP contribution in [-0.4, -0.2) is 22.8 Å². The first-order valence-electron chi connectivity index (χ1n) is 12.6. The highest BCUT2D eigenvalue weighted by Gasteiger charge is 2.41. The van der Waals surface area contributed by atoms with E-state index in [2.05, 4.69) is 91.5 Å². The number of nitrogens with zero attached hydrogens (tertiary/aromatic N) is 1. The molecule has 2 saturated heterocycles. The average Bonchev–Trinajstić information content (AvgIpc) is 3.06. The lowest BCUT2D eigenvalue weighted by molar-refractivity contribution is 0.00906. The van der Waals surface area contributed by atoms with Gasteiger partial charge in [-0.05, 0) is 59.6 Å². The number of rotatable bonds is 4. The molecule has 2 unspecified atom stereocenters. The van der Waals surface area contributed by atoms with Crippen molar-refractivity contribution in [2.24, 2.45) is 5.92 Å². The summed E-state index contributed by atoms with van der Waals surface area (Å²) in [5, 5.41) is 0. The van der Waals surface area contributed by atoms with E-state index < -0.39 is 0 Å². The molecule has 2 atom stereocenters. The maximum absolute atomic E-state index is 13.8. The maximum Gasteiger partial charge on any atom is 0.166 e. The Bertz CT molecular complexity index is 1180. The van der Waals surface area contributed by atoms with Crippen molar-refractivity contribution in [3.05, 3.63) is 95.1 Å². The molecule has 0 N–H and O–H groups in total. The molecule has 33 heavy (non-hydrogen) atoms. The molecule has 0 amide bonds. The minimum atomic E-state index is -0.0578. The third-order valence-corrected chi connectivity index (χ3v) is 8.57. The third kappa shape index (κ3) is 3.47. The minimum absolute atomic E-state index is 0.0578. The lowest BCUT2D eigenvalue weighted by Gasteiger charge is -2.48. The molecule has 3 aromatic carbocycles. The highest BCUT2D eigenvalue weighted by molar-refractivity contribution is 5.99. The summed E-state index contributed by atoms with van der Waals surface area (Å²) >= 11 is 0. The SMILES string of the molecule is CC1(C)c2ccccc2-c2ccc(C(=O)C3CC4CCCC(C3)N4Cc3ccccc3)cc21. The van der Waals surface area contributed by atoms with Gasteiger partial charge in [-0.3, -0.25) is 9.69 Å². The summed E-state index contributed by atoms with van der Waals surface area (Å²) < 4.78 is 0. The lowest BCUT2D eigenvalue weighted by atomic mass is 9.75. The van der Waals surface area contributed by atoms with Gasteiger partial charge >= 0.3 is 0 Å². The summed E-state index contributed by atoms with van der Waals surface area (Å²) in [4.78, 5) is 16.5. The smallest absolute Gasteiger partial charge is 0.166 e. The van der Waals surface area contributed by atoms with Crippen LogP contribution in [0.1, 0.15) is 73.0 Å². The van der Waals surface area contributed by atoms with Crippen LogP contribution in [0.2, 0.25) is 0 Å². The second-order valence-corrected chi connectivity index (χ2v) is 10.9. The van der Waals surface area contributed by atoms with Gasteiger partial charge in [-0.15, -0.1) is 0 Å². The van der Waals surface area contributed by atoms with E-state index in [0.29, 0.717) is 17.9 Å². The molecular formula is C31H33NO. The van der Waals surface area contributed by atoms with E-state index in [-0.39, 0.29) is 11.3 Å². The molecular weight excluding hydrogens is 402 g/mol. The van der Waals surface area contributed by atoms with Crippen LogP contribution in [0.3, 0.4) is 0 Å². The van der Waals surface area contributed by atoms with Gasteiger partial charge in [0, 0.05) is 35.5 Å². The zero-order valence-electron chi connectivity index (χ0n) is 19.8. The Hall–Kier alpha value is -2.71. The van der Waals surface area contributed by atoms with Crippen molar-refractivity contribution in [1.82, 2.24) is 4.90 Å². The van der Waals surface area contributed by atoms with Crippen LogP contribution >= 0.6 is 0 Å². The number of hydrogen-bond acceptors (Lipinski definition) is 2. The number of Topliss-reactive ketones (excluding diaryl/α,β-unsaturated/α-hetero) is 1. The summed E-state index contributed by atoms with van der Waals surface area (Å²) in [6.45, 7) is 5.60. The molecule has 2 fully saturated rings. The normalized spacial score (nSPS) is 25.3. The Labute approximate surface area is 197 Å². The fourth-order valence-electron chi connectivity index (χ4n) is 6.84. The van der Waals surface area contributed by atoms with Gasteiger partial charge in [0.2, 0.25) is 0 Å². The van der Waals surface area contributed by atoms with Crippen molar-refractivity contribution in [2.75, 3.05) is 0 Å². The van der Waals surface area contributed by atoms with E-state index in [0.717, 1.165) is 24.9 Å². The highest BCUT2D eigenvalue weighted by atomic mass is 16.1. The molecule has 3 aliphatic rings. The molecule has 0 saturated carbocycles. The van der Waals surface area contributed by atoms with Gasteiger partial charge in [0.25, 0.3) is 0 Å². The summed E-state index contributed by atoms with van der Waals surface area (Å²) in [7, 11) is 0. The second kappa shape index (κ2) is 7.95. The number of fused-ring (bicyclic) bond motifs is 5. The maximum atomic E-state index is 13.8. The Morgan fingerprint density at radius 3 is 2.27 bits per heavy atom. The number of carbonyl (C=O) groups is 1. The Balaban J connectivity index is 1.25. The first-order valence-corrected chi connectivity index (χ1v) is 12.6. The molecule has 0 spiro atoms. The predicted molar refractivity (Wildman–Crippen MR) is 134 cm³/mol. The molecule has 6 rings (SSSR count). The first-order chi connectivity index (χ1) is 16.0. The zero-order chi connectivity index (χ0) is 22.6. The van der Waals surface area contributed by atoms with Crippen LogP contribution in [0.5, 0.6) is 0 Å². The lowest BCUT2D eigenvalue weighted by Crippen LogP contribution is -2.52. The Morgan fingerprint density at radius 1 is 0.848 bits per heavy atom. The van der Waals surface area contributed by atoms with E-state index in [1.807, 2.05) is 0 Å². The van der Waals surface area contributed by atoms with Gasteiger partial charge in [-0.2, -0.15) is 0 Å². The van der Waals surface area contributed by atoms with Crippen molar-refractivity contribution in [1.29, 1.82) is 0 Å². The topological polar surface area (TPSA) is 20.3 Å². The fraction of sp³-hybridized carbons (Fsp3) is 0.387. The molecule has 2 nitrogen and oxygen atoms in total. The Morgan fingerprint density at radius 2 is 1.52 bits per heavy atom. The van der Waals surface area contributed by atoms with E-state index in [4.69, 9.17) is 0 Å². The summed E-state index contributed by atoms with van der Waals surface area (Å²) in [6.07, 6.45) is 5.75. The summed E-state index contributed by atoms with van der Waals surface area (Å²) in [6, 6.07) is 27.1. The van der Waals surface area contributed by atoms with Crippen LogP contribution in [-0.2, 0) is 12.0 Å². The van der Waals surface area contributed by atoms with E-state index in [1.54, 1.807) is 0 Å². The monoisotopic (exact) mass is 435 g/mol. The molecule has 0 aromatic heterocycles. The van der Waals surface area contributed by atoms with E-state index in [1.165, 1.54) is 47.1 Å². The van der Waals surface area contributed by atoms with Crippen molar-refractivity contribution < 1.29 is 4.79 Å². The van der Waals surface area contributed by atoms with Gasteiger partial charge in [0.15, 0.2) is 5.78 Å². The third-order valence-electron chi connectivity index (χ3n) is 8.57. The van der Waals surface area contributed by atoms with Crippen LogP contribution in [0.25, 0.3) is 11.1 Å². The van der Waals surface area contributed by atoms with E-state index in [9.17, 15) is 4.79 Å². The van der Waals surface area contributed by atoms with Gasteiger partial charge in [-0.1, -0.05) is 87.0 Å². The van der Waals surface area contributed by atoms with Gasteiger partial charge in [0.1, 0.15) is 0 Å². The van der Waals surface area contributed by atoms with Crippen LogP contribution in [0.4, 0.5) is 0 Å². The van der Waals surface area contributed by atoms with Crippen LogP contribution in [0.15, 0.2) is 72.8 Å². The summed E-state index contributed by atoms with van der Waals surface area (Å²) in [5.41, 5.74) is 7.53. The summed E-state index contributed by atoms with van der Waals surface area (Å²) in [5.74, 6) is 0.512. The molecule has 2 aliphatic heterocycles. The van der Waals surface area contributed by atoms with Crippen molar-refractivity contribution in [3.8, 4) is 11.1 Å². The van der Waals surface area contributed by atoms with E-state index >= 15 is 0 Å². The van der Waals surface area contributed by atoms with Gasteiger partial charge < -0.3 is 0 Å². The number of carbonyl (C=O) groups excluding carboxylic acids is 1. The average molecular weight is 436 g/mol. The Kier molecular flexibility index (Phi) is 5.03. The number of ketones is 1. The molecule has 2 bridgehead atoms. The molecule has 2 heterocycles. The predicted octanol–water partition coefficient (Wildman–Crippen LogP) is 7.01. The fourth-order valence-corrected chi connectivity index (χ4v) is 6.84. The zero-order valence-corrected chi connectivity index (χ0v) is 19.8. The van der Waals surface area contributed by atoms with Crippen molar-refractivity contribution in [3.63, 3.8) is 0 Å². The highest BCUT2D eigenvalue weighted by Crippen LogP contribution is 2.49. The number of piperidine rings is 2. The molecule has 3 aromatic rings. The van der Waals surface area contributed by atoms with Crippen LogP contribution < -0.4 is 0 Å². The largest absolute Gasteiger partial charge is 0.294 e. The van der Waals surface area contributed by atoms with Crippen LogP contribution in [0, 0.1) is 5.92 Å². The van der Waals surface area contributed by atoms with Crippen molar-refractivity contribution >= 4 is 5.78 Å². The molecule has 2 heteroatoms. The number of benzene rings is 3. The van der Waals surface area contributed by atoms with Crippen molar-refractivity contribution in [2.45, 2.75) is 70.0 Å². The molecule has 0 radical (unpaired) electrons. The standard InChI is InChI=1S/C31H33NO/c1-31(2)28-14-7-6-13-26(28)27-16-15-22(19-29(27)31)30(33)23-17-24-11-8-12-25(18-23)32(24)20-21-9-4-3-5-10-21/h3-7,9-10,13-16,19,23-25H,8,11-12,17-18,20H2,1-2H3. The molecule has 168 valence electrons. The second-order valence-electron chi connectivity index (χ2n) is 10.9. The quantitative estimate of drug-likeness (QED) is 0.411. The first kappa shape index (κ1) is 20.9.